The van der Waals surface area contributed by atoms with E-state index in [-0.39, 0.29) is 17.8 Å². The van der Waals surface area contributed by atoms with Crippen molar-refractivity contribution < 1.29 is 14.3 Å². The summed E-state index contributed by atoms with van der Waals surface area (Å²) in [6, 6.07) is 4.69. The van der Waals surface area contributed by atoms with Crippen LogP contribution in [0.15, 0.2) is 22.7 Å². The van der Waals surface area contributed by atoms with E-state index in [2.05, 4.69) is 21.2 Å². The van der Waals surface area contributed by atoms with Gasteiger partial charge in [0.25, 0.3) is 5.91 Å². The van der Waals surface area contributed by atoms with Crippen LogP contribution < -0.4 is 5.32 Å². The summed E-state index contributed by atoms with van der Waals surface area (Å²) in [7, 11) is 0. The monoisotopic (exact) mass is 329 g/mol. The lowest BCUT2D eigenvalue weighted by atomic mass is 9.79. The molecule has 1 unspecified atom stereocenters. The Bertz CT molecular complexity index is 488. The summed E-state index contributed by atoms with van der Waals surface area (Å²) in [6.45, 7) is 1.87. The van der Waals surface area contributed by atoms with Gasteiger partial charge in [0.1, 0.15) is 11.4 Å². The molecule has 0 heterocycles. The van der Waals surface area contributed by atoms with Crippen LogP contribution in [0.25, 0.3) is 0 Å². The first kappa shape index (κ1) is 14.5. The molecular formula is C14H17BrFNO2. The topological polar surface area (TPSA) is 49.3 Å². The zero-order valence-corrected chi connectivity index (χ0v) is 12.3. The molecule has 1 aliphatic carbocycles. The van der Waals surface area contributed by atoms with Gasteiger partial charge in [-0.2, -0.15) is 0 Å². The molecule has 5 heteroatoms. The number of hydrogen-bond acceptors (Lipinski definition) is 2. The summed E-state index contributed by atoms with van der Waals surface area (Å²) >= 11 is 3.14. The maximum Gasteiger partial charge on any atom is 0.252 e. The largest absolute Gasteiger partial charge is 0.380 e. The molecule has 0 aliphatic heterocycles. The Labute approximate surface area is 120 Å². The third-order valence-corrected chi connectivity index (χ3v) is 4.11. The molecule has 19 heavy (non-hydrogen) atoms. The van der Waals surface area contributed by atoms with Crippen molar-refractivity contribution in [1.29, 1.82) is 0 Å². The minimum absolute atomic E-state index is 0.102. The highest BCUT2D eigenvalue weighted by molar-refractivity contribution is 9.10. The quantitative estimate of drug-likeness (QED) is 0.891. The first-order chi connectivity index (χ1) is 8.90. The van der Waals surface area contributed by atoms with Crippen LogP contribution in [0.1, 0.15) is 31.7 Å². The molecule has 1 aromatic carbocycles. The predicted octanol–water partition coefficient (Wildman–Crippen LogP) is 2.55. The molecule has 2 rings (SSSR count). The first-order valence-electron chi connectivity index (χ1n) is 6.38. The van der Waals surface area contributed by atoms with Gasteiger partial charge >= 0.3 is 0 Å². The molecule has 1 aromatic rings. The fraction of sp³-hybridized carbons (Fsp3) is 0.500. The van der Waals surface area contributed by atoms with Crippen LogP contribution in [0, 0.1) is 5.82 Å². The molecule has 0 saturated heterocycles. The molecule has 1 atom stereocenters. The van der Waals surface area contributed by atoms with Crippen LogP contribution in [0.3, 0.4) is 0 Å². The van der Waals surface area contributed by atoms with Gasteiger partial charge in [-0.25, -0.2) is 4.39 Å². The smallest absolute Gasteiger partial charge is 0.252 e. The maximum atomic E-state index is 13.1. The van der Waals surface area contributed by atoms with Crippen LogP contribution in [0.4, 0.5) is 4.39 Å². The minimum Gasteiger partial charge on any atom is -0.380 e. The van der Waals surface area contributed by atoms with Gasteiger partial charge in [-0.15, -0.1) is 0 Å². The zero-order valence-electron chi connectivity index (χ0n) is 10.7. The number of amides is 1. The van der Waals surface area contributed by atoms with Gasteiger partial charge in [-0.3, -0.25) is 4.79 Å². The van der Waals surface area contributed by atoms with Crippen LogP contribution in [0.5, 0.6) is 0 Å². The molecule has 0 aromatic heterocycles. The normalized spacial score (nSPS) is 18.5. The summed E-state index contributed by atoms with van der Waals surface area (Å²) in [4.78, 5) is 11.8. The van der Waals surface area contributed by atoms with Crippen molar-refractivity contribution in [2.45, 2.75) is 44.2 Å². The fourth-order valence-electron chi connectivity index (χ4n) is 2.17. The number of carbonyl (C=O) groups excluding carboxylic acids is 1. The van der Waals surface area contributed by atoms with E-state index in [9.17, 15) is 14.3 Å². The molecule has 3 nitrogen and oxygen atoms in total. The number of aliphatic hydroxyl groups is 1. The van der Waals surface area contributed by atoms with Crippen molar-refractivity contribution in [3.8, 4) is 0 Å². The van der Waals surface area contributed by atoms with Gasteiger partial charge in [-0.05, 0) is 66.2 Å². The summed E-state index contributed by atoms with van der Waals surface area (Å²) in [5, 5.41) is 12.7. The van der Waals surface area contributed by atoms with E-state index in [1.54, 1.807) is 12.1 Å². The molecule has 1 aliphatic rings. The lowest BCUT2D eigenvalue weighted by Crippen LogP contribution is -2.54. The molecule has 1 saturated carbocycles. The van der Waals surface area contributed by atoms with Crippen LogP contribution in [-0.2, 0) is 11.2 Å². The van der Waals surface area contributed by atoms with Crippen LogP contribution >= 0.6 is 15.9 Å². The van der Waals surface area contributed by atoms with E-state index in [0.29, 0.717) is 23.7 Å². The second kappa shape index (κ2) is 5.59. The molecule has 0 radical (unpaired) electrons. The van der Waals surface area contributed by atoms with Crippen LogP contribution in [-0.4, -0.2) is 22.7 Å². The van der Waals surface area contributed by atoms with Gasteiger partial charge in [0, 0.05) is 6.04 Å². The van der Waals surface area contributed by atoms with E-state index in [1.165, 1.54) is 6.07 Å². The van der Waals surface area contributed by atoms with E-state index in [4.69, 9.17) is 0 Å². The second-order valence-electron chi connectivity index (χ2n) is 5.21. The fourth-order valence-corrected chi connectivity index (χ4v) is 2.59. The highest BCUT2D eigenvalue weighted by Gasteiger charge is 2.42. The molecule has 1 fully saturated rings. The number of rotatable bonds is 4. The average Bonchev–Trinajstić information content (AvgIpc) is 2.30. The first-order valence-corrected chi connectivity index (χ1v) is 7.17. The maximum absolute atomic E-state index is 13.1. The van der Waals surface area contributed by atoms with E-state index < -0.39 is 5.60 Å². The second-order valence-corrected chi connectivity index (χ2v) is 6.07. The summed E-state index contributed by atoms with van der Waals surface area (Å²) in [5.74, 6) is -0.600. The summed E-state index contributed by atoms with van der Waals surface area (Å²) in [5.41, 5.74) is -0.237. The Kier molecular flexibility index (Phi) is 4.26. The van der Waals surface area contributed by atoms with E-state index in [1.807, 2.05) is 6.92 Å². The lowest BCUT2D eigenvalue weighted by molar-refractivity contribution is -0.149. The molecular weight excluding hydrogens is 313 g/mol. The van der Waals surface area contributed by atoms with Gasteiger partial charge in [0.05, 0.1) is 4.47 Å². The van der Waals surface area contributed by atoms with Gasteiger partial charge in [0.2, 0.25) is 0 Å². The van der Waals surface area contributed by atoms with E-state index in [0.717, 1.165) is 12.0 Å². The van der Waals surface area contributed by atoms with Crippen molar-refractivity contribution in [2.24, 2.45) is 0 Å². The van der Waals surface area contributed by atoms with Crippen molar-refractivity contribution in [2.75, 3.05) is 0 Å². The number of halogens is 2. The van der Waals surface area contributed by atoms with Crippen molar-refractivity contribution in [1.82, 2.24) is 5.32 Å². The zero-order chi connectivity index (χ0) is 14.0. The highest BCUT2D eigenvalue weighted by Crippen LogP contribution is 2.31. The average molecular weight is 330 g/mol. The van der Waals surface area contributed by atoms with Gasteiger partial charge in [-0.1, -0.05) is 6.07 Å². The third-order valence-electron chi connectivity index (χ3n) is 3.51. The number of nitrogens with one attached hydrogen (secondary N) is 1. The summed E-state index contributed by atoms with van der Waals surface area (Å²) in [6.07, 6.45) is 2.56. The van der Waals surface area contributed by atoms with Crippen molar-refractivity contribution in [3.05, 3.63) is 34.1 Å². The molecule has 0 bridgehead atoms. The van der Waals surface area contributed by atoms with Crippen molar-refractivity contribution in [3.63, 3.8) is 0 Å². The Morgan fingerprint density at radius 2 is 2.26 bits per heavy atom. The standard InChI is InChI=1S/C14H17BrFNO2/c1-9(17-13(18)14(19)5-2-6-14)7-10-3-4-12(16)11(15)8-10/h3-4,8-9,19H,2,5-7H2,1H3,(H,17,18). The Balaban J connectivity index is 1.91. The molecule has 0 spiro atoms. The SMILES string of the molecule is CC(Cc1ccc(F)c(Br)c1)NC(=O)C1(O)CCC1. The Hall–Kier alpha value is -0.940. The molecule has 2 N–H and O–H groups in total. The van der Waals surface area contributed by atoms with Gasteiger partial charge in [0.15, 0.2) is 0 Å². The number of benzene rings is 1. The number of carbonyl (C=O) groups is 1. The Morgan fingerprint density at radius 3 is 2.79 bits per heavy atom. The van der Waals surface area contributed by atoms with Crippen LogP contribution in [0.2, 0.25) is 0 Å². The van der Waals surface area contributed by atoms with Crippen molar-refractivity contribution >= 4 is 21.8 Å². The Morgan fingerprint density at radius 1 is 1.58 bits per heavy atom. The summed E-state index contributed by atoms with van der Waals surface area (Å²) < 4.78 is 13.5. The predicted molar refractivity (Wildman–Crippen MR) is 74.2 cm³/mol. The lowest BCUT2D eigenvalue weighted by Gasteiger charge is -2.35. The minimum atomic E-state index is -1.17. The van der Waals surface area contributed by atoms with Gasteiger partial charge < -0.3 is 10.4 Å². The molecule has 1 amide bonds. The third kappa shape index (κ3) is 3.34. The number of hydrogen-bond donors (Lipinski definition) is 2. The molecule has 104 valence electrons. The highest BCUT2D eigenvalue weighted by atomic mass is 79.9. The van der Waals surface area contributed by atoms with E-state index >= 15 is 0 Å².